The van der Waals surface area contributed by atoms with E-state index in [1.54, 1.807) is 0 Å². The van der Waals surface area contributed by atoms with Crippen molar-refractivity contribution in [1.29, 1.82) is 0 Å². The molecule has 0 spiro atoms. The van der Waals surface area contributed by atoms with Crippen molar-refractivity contribution < 1.29 is 9.90 Å². The van der Waals surface area contributed by atoms with Crippen LogP contribution in [-0.2, 0) is 0 Å². The quantitative estimate of drug-likeness (QED) is 0.775. The smallest absolute Gasteiger partial charge is 0.267 e. The average Bonchev–Trinajstić information content (AvgIpc) is 3.03. The van der Waals surface area contributed by atoms with Crippen LogP contribution in [-0.4, -0.2) is 28.6 Å². The Morgan fingerprint density at radius 2 is 2.31 bits per heavy atom. The lowest BCUT2D eigenvalue weighted by molar-refractivity contribution is 0.0897. The van der Waals surface area contributed by atoms with Gasteiger partial charge in [0.25, 0.3) is 5.91 Å². The molecule has 1 saturated carbocycles. The number of aromatic amines is 1. The molecule has 1 aromatic heterocycles. The number of aliphatic hydroxyl groups is 1. The van der Waals surface area contributed by atoms with Gasteiger partial charge in [-0.1, -0.05) is 23.2 Å². The molecule has 1 unspecified atom stereocenters. The Balaban J connectivity index is 1.87. The van der Waals surface area contributed by atoms with E-state index in [9.17, 15) is 9.90 Å². The van der Waals surface area contributed by atoms with Gasteiger partial charge in [-0.25, -0.2) is 0 Å². The van der Waals surface area contributed by atoms with Crippen LogP contribution < -0.4 is 5.32 Å². The highest BCUT2D eigenvalue weighted by Gasteiger charge is 2.29. The molecule has 2 rings (SSSR count). The Hall–Kier alpha value is -0.710. The standard InChI is InChI=1S/C10H12Cl2N2O2/c11-6-3-7(14-9(6)12)10(16)13-4-8(15)5-1-2-5/h3,5,8,14-15H,1-2,4H2,(H,13,16). The molecule has 1 atom stereocenters. The molecule has 4 nitrogen and oxygen atoms in total. The van der Waals surface area contributed by atoms with Crippen LogP contribution in [0, 0.1) is 5.92 Å². The van der Waals surface area contributed by atoms with E-state index in [-0.39, 0.29) is 17.6 Å². The van der Waals surface area contributed by atoms with Gasteiger partial charge in [-0.3, -0.25) is 4.79 Å². The maximum absolute atomic E-state index is 11.6. The van der Waals surface area contributed by atoms with Crippen LogP contribution in [0.5, 0.6) is 0 Å². The lowest BCUT2D eigenvalue weighted by Gasteiger charge is -2.09. The van der Waals surface area contributed by atoms with Crippen LogP contribution in [0.25, 0.3) is 0 Å². The number of H-pyrrole nitrogens is 1. The second-order valence-electron chi connectivity index (χ2n) is 3.96. The number of aliphatic hydroxyl groups excluding tert-OH is 1. The lowest BCUT2D eigenvalue weighted by Crippen LogP contribution is -2.33. The molecule has 88 valence electrons. The van der Waals surface area contributed by atoms with Gasteiger partial charge in [0.15, 0.2) is 0 Å². The van der Waals surface area contributed by atoms with Crippen LogP contribution in [0.15, 0.2) is 6.07 Å². The van der Waals surface area contributed by atoms with Gasteiger partial charge >= 0.3 is 0 Å². The first-order valence-corrected chi connectivity index (χ1v) is 5.84. The van der Waals surface area contributed by atoms with Crippen LogP contribution in [0.4, 0.5) is 0 Å². The molecule has 0 bridgehead atoms. The van der Waals surface area contributed by atoms with Crippen LogP contribution >= 0.6 is 23.2 Å². The summed E-state index contributed by atoms with van der Waals surface area (Å²) in [6.07, 6.45) is 1.62. The summed E-state index contributed by atoms with van der Waals surface area (Å²) in [4.78, 5) is 14.2. The fourth-order valence-electron chi connectivity index (χ4n) is 1.47. The summed E-state index contributed by atoms with van der Waals surface area (Å²) in [5.74, 6) is 0.0321. The number of aromatic nitrogens is 1. The number of halogens is 2. The molecule has 1 aliphatic rings. The summed E-state index contributed by atoms with van der Waals surface area (Å²) in [5.41, 5.74) is 0.304. The van der Waals surface area contributed by atoms with Crippen molar-refractivity contribution in [2.45, 2.75) is 18.9 Å². The second-order valence-corrected chi connectivity index (χ2v) is 4.74. The number of rotatable bonds is 4. The first kappa shape index (κ1) is 11.8. The van der Waals surface area contributed by atoms with E-state index in [1.165, 1.54) is 6.07 Å². The minimum Gasteiger partial charge on any atom is -0.391 e. The minimum absolute atomic E-state index is 0.245. The molecule has 1 heterocycles. The van der Waals surface area contributed by atoms with Crippen molar-refractivity contribution in [3.63, 3.8) is 0 Å². The van der Waals surface area contributed by atoms with Crippen LogP contribution in [0.1, 0.15) is 23.3 Å². The molecule has 16 heavy (non-hydrogen) atoms. The predicted molar refractivity (Wildman–Crippen MR) is 61.9 cm³/mol. The fourth-order valence-corrected chi connectivity index (χ4v) is 1.78. The van der Waals surface area contributed by atoms with Gasteiger partial charge in [-0.2, -0.15) is 0 Å². The van der Waals surface area contributed by atoms with Gasteiger partial charge in [0.05, 0.1) is 11.1 Å². The monoisotopic (exact) mass is 262 g/mol. The summed E-state index contributed by atoms with van der Waals surface area (Å²) >= 11 is 11.4. The van der Waals surface area contributed by atoms with E-state index in [1.807, 2.05) is 0 Å². The van der Waals surface area contributed by atoms with Crippen molar-refractivity contribution >= 4 is 29.1 Å². The SMILES string of the molecule is O=C(NCC(O)C1CC1)c1cc(Cl)c(Cl)[nH]1. The van der Waals surface area contributed by atoms with Crippen molar-refractivity contribution in [2.24, 2.45) is 5.92 Å². The summed E-state index contributed by atoms with van der Waals surface area (Å²) in [6.45, 7) is 0.262. The first-order valence-electron chi connectivity index (χ1n) is 5.08. The Kier molecular flexibility index (Phi) is 3.42. The summed E-state index contributed by atoms with van der Waals surface area (Å²) in [5, 5.41) is 12.7. The van der Waals surface area contributed by atoms with Crippen molar-refractivity contribution in [1.82, 2.24) is 10.3 Å². The van der Waals surface area contributed by atoms with Gasteiger partial charge < -0.3 is 15.4 Å². The van der Waals surface area contributed by atoms with E-state index < -0.39 is 6.10 Å². The third-order valence-electron chi connectivity index (χ3n) is 2.61. The lowest BCUT2D eigenvalue weighted by atomic mass is 10.2. The summed E-state index contributed by atoms with van der Waals surface area (Å²) in [7, 11) is 0. The molecular formula is C10H12Cl2N2O2. The Morgan fingerprint density at radius 1 is 1.62 bits per heavy atom. The first-order chi connectivity index (χ1) is 7.58. The molecule has 1 amide bonds. The van der Waals surface area contributed by atoms with Crippen molar-refractivity contribution in [3.05, 3.63) is 21.9 Å². The third kappa shape index (κ3) is 2.70. The number of hydrogen-bond acceptors (Lipinski definition) is 2. The zero-order valence-electron chi connectivity index (χ0n) is 8.46. The van der Waals surface area contributed by atoms with E-state index in [4.69, 9.17) is 23.2 Å². The topological polar surface area (TPSA) is 65.1 Å². The number of amides is 1. The maximum atomic E-state index is 11.6. The van der Waals surface area contributed by atoms with E-state index >= 15 is 0 Å². The van der Waals surface area contributed by atoms with Crippen LogP contribution in [0.3, 0.4) is 0 Å². The van der Waals surface area contributed by atoms with E-state index in [0.717, 1.165) is 12.8 Å². The highest BCUT2D eigenvalue weighted by Crippen LogP contribution is 2.32. The second kappa shape index (κ2) is 4.65. The molecule has 6 heteroatoms. The molecule has 0 aromatic carbocycles. The highest BCUT2D eigenvalue weighted by molar-refractivity contribution is 6.41. The normalized spacial score (nSPS) is 17.2. The van der Waals surface area contributed by atoms with Gasteiger partial charge in [0.2, 0.25) is 0 Å². The van der Waals surface area contributed by atoms with Crippen LogP contribution in [0.2, 0.25) is 10.2 Å². The minimum atomic E-state index is -0.454. The molecular weight excluding hydrogens is 251 g/mol. The fraction of sp³-hybridized carbons (Fsp3) is 0.500. The molecule has 1 fully saturated rings. The van der Waals surface area contributed by atoms with E-state index in [0.29, 0.717) is 16.6 Å². The summed E-state index contributed by atoms with van der Waals surface area (Å²) in [6, 6.07) is 1.46. The molecule has 0 saturated heterocycles. The van der Waals surface area contributed by atoms with Gasteiger partial charge in [-0.05, 0) is 24.8 Å². The number of nitrogens with one attached hydrogen (secondary N) is 2. The van der Waals surface area contributed by atoms with Gasteiger partial charge in [-0.15, -0.1) is 0 Å². The van der Waals surface area contributed by atoms with E-state index in [2.05, 4.69) is 10.3 Å². The van der Waals surface area contributed by atoms with Crippen molar-refractivity contribution in [2.75, 3.05) is 6.54 Å². The average molecular weight is 263 g/mol. The Morgan fingerprint density at radius 3 is 2.81 bits per heavy atom. The Bertz CT molecular complexity index is 382. The molecule has 0 radical (unpaired) electrons. The zero-order chi connectivity index (χ0) is 11.7. The largest absolute Gasteiger partial charge is 0.391 e. The number of carbonyl (C=O) groups excluding carboxylic acids is 1. The molecule has 0 aliphatic heterocycles. The molecule has 1 aliphatic carbocycles. The third-order valence-corrected chi connectivity index (χ3v) is 3.30. The molecule has 1 aromatic rings. The highest BCUT2D eigenvalue weighted by atomic mass is 35.5. The predicted octanol–water partition coefficient (Wildman–Crippen LogP) is 1.82. The number of carbonyl (C=O) groups is 1. The Labute approximate surface area is 103 Å². The van der Waals surface area contributed by atoms with Gasteiger partial charge in [0.1, 0.15) is 10.8 Å². The van der Waals surface area contributed by atoms with Gasteiger partial charge in [0, 0.05) is 6.54 Å². The van der Waals surface area contributed by atoms with Crippen molar-refractivity contribution in [3.8, 4) is 0 Å². The zero-order valence-corrected chi connectivity index (χ0v) is 9.98. The number of hydrogen-bond donors (Lipinski definition) is 3. The molecule has 3 N–H and O–H groups in total. The summed E-state index contributed by atoms with van der Waals surface area (Å²) < 4.78 is 0. The maximum Gasteiger partial charge on any atom is 0.267 e.